The number of ether oxygens (including phenoxy) is 4. The molecule has 0 fully saturated rings. The molecule has 0 saturated carbocycles. The van der Waals surface area contributed by atoms with Crippen molar-refractivity contribution in [1.29, 1.82) is 0 Å². The number of carbonyl (C=O) groups excluding carboxylic acids is 1. The first-order valence-corrected chi connectivity index (χ1v) is 6.03. The molecule has 0 aromatic heterocycles. The lowest BCUT2D eigenvalue weighted by Crippen LogP contribution is -2.13. The van der Waals surface area contributed by atoms with E-state index in [9.17, 15) is 4.79 Å². The van der Waals surface area contributed by atoms with Gasteiger partial charge in [-0.15, -0.1) is 0 Å². The van der Waals surface area contributed by atoms with Crippen LogP contribution in [0.1, 0.15) is 24.2 Å². The van der Waals surface area contributed by atoms with Crippen LogP contribution in [0.2, 0.25) is 5.02 Å². The lowest BCUT2D eigenvalue weighted by atomic mass is 10.1. The Hall–Kier alpha value is -1.62. The highest BCUT2D eigenvalue weighted by Gasteiger charge is 2.25. The zero-order chi connectivity index (χ0) is 14.6. The third-order valence-corrected chi connectivity index (χ3v) is 2.60. The van der Waals surface area contributed by atoms with Crippen LogP contribution in [0.5, 0.6) is 17.2 Å². The van der Waals surface area contributed by atoms with E-state index < -0.39 is 5.97 Å². The van der Waals surface area contributed by atoms with Crippen molar-refractivity contribution in [3.8, 4) is 17.2 Å². The van der Waals surface area contributed by atoms with Gasteiger partial charge in [-0.2, -0.15) is 0 Å². The number of halogens is 1. The van der Waals surface area contributed by atoms with Crippen LogP contribution in [0.15, 0.2) is 6.07 Å². The molecular weight excluding hydrogens is 272 g/mol. The second-order valence-electron chi connectivity index (χ2n) is 3.96. The van der Waals surface area contributed by atoms with E-state index >= 15 is 0 Å². The molecule has 1 aromatic carbocycles. The van der Waals surface area contributed by atoms with E-state index in [1.165, 1.54) is 27.4 Å². The molecule has 19 heavy (non-hydrogen) atoms. The predicted molar refractivity (Wildman–Crippen MR) is 71.7 cm³/mol. The van der Waals surface area contributed by atoms with Gasteiger partial charge in [-0.25, -0.2) is 4.79 Å². The zero-order valence-corrected chi connectivity index (χ0v) is 12.3. The van der Waals surface area contributed by atoms with Crippen LogP contribution in [0.25, 0.3) is 0 Å². The highest BCUT2D eigenvalue weighted by atomic mass is 35.5. The van der Waals surface area contributed by atoms with E-state index in [4.69, 9.17) is 30.5 Å². The van der Waals surface area contributed by atoms with E-state index in [1.54, 1.807) is 13.8 Å². The average molecular weight is 289 g/mol. The zero-order valence-electron chi connectivity index (χ0n) is 11.6. The van der Waals surface area contributed by atoms with Crippen LogP contribution in [0.4, 0.5) is 0 Å². The van der Waals surface area contributed by atoms with Crippen molar-refractivity contribution in [2.45, 2.75) is 20.0 Å². The van der Waals surface area contributed by atoms with E-state index in [0.717, 1.165) is 0 Å². The van der Waals surface area contributed by atoms with Crippen molar-refractivity contribution < 1.29 is 23.7 Å². The minimum Gasteiger partial charge on any atom is -0.492 e. The molecule has 0 aliphatic rings. The van der Waals surface area contributed by atoms with Crippen molar-refractivity contribution in [2.75, 3.05) is 21.3 Å². The maximum Gasteiger partial charge on any atom is 0.342 e. The Morgan fingerprint density at radius 3 is 2.00 bits per heavy atom. The SMILES string of the molecule is COc1c(Cl)cc(C(=O)OC(C)C)c(OC)c1OC. The summed E-state index contributed by atoms with van der Waals surface area (Å²) >= 11 is 6.05. The van der Waals surface area contributed by atoms with Gasteiger partial charge >= 0.3 is 5.97 Å². The quantitative estimate of drug-likeness (QED) is 0.780. The molecule has 0 atom stereocenters. The monoisotopic (exact) mass is 288 g/mol. The van der Waals surface area contributed by atoms with Crippen LogP contribution in [-0.4, -0.2) is 33.4 Å². The molecule has 0 N–H and O–H groups in total. The molecule has 0 bridgehead atoms. The Balaban J connectivity index is 3.40. The van der Waals surface area contributed by atoms with Crippen molar-refractivity contribution in [1.82, 2.24) is 0 Å². The number of hydrogen-bond acceptors (Lipinski definition) is 5. The van der Waals surface area contributed by atoms with Gasteiger partial charge in [0.05, 0.1) is 32.5 Å². The average Bonchev–Trinajstić information content (AvgIpc) is 2.36. The minimum absolute atomic E-state index is 0.193. The number of esters is 1. The normalized spacial score (nSPS) is 10.3. The lowest BCUT2D eigenvalue weighted by Gasteiger charge is -2.17. The molecule has 0 spiro atoms. The molecule has 1 aromatic rings. The molecule has 0 aliphatic heterocycles. The highest BCUT2D eigenvalue weighted by molar-refractivity contribution is 6.32. The van der Waals surface area contributed by atoms with Gasteiger partial charge in [0, 0.05) is 0 Å². The summed E-state index contributed by atoms with van der Waals surface area (Å²) in [5.41, 5.74) is 0.193. The largest absolute Gasteiger partial charge is 0.492 e. The Kier molecular flexibility index (Phi) is 5.30. The number of benzene rings is 1. The molecule has 0 amide bonds. The smallest absolute Gasteiger partial charge is 0.342 e. The fourth-order valence-corrected chi connectivity index (χ4v) is 1.87. The maximum absolute atomic E-state index is 12.0. The van der Waals surface area contributed by atoms with E-state index in [0.29, 0.717) is 5.75 Å². The van der Waals surface area contributed by atoms with Crippen LogP contribution in [0, 0.1) is 0 Å². The summed E-state index contributed by atoms with van der Waals surface area (Å²) in [4.78, 5) is 12.0. The van der Waals surface area contributed by atoms with Gasteiger partial charge in [-0.3, -0.25) is 0 Å². The van der Waals surface area contributed by atoms with Gasteiger partial charge in [0.2, 0.25) is 5.75 Å². The maximum atomic E-state index is 12.0. The Morgan fingerprint density at radius 2 is 1.58 bits per heavy atom. The Morgan fingerprint density at radius 1 is 1.05 bits per heavy atom. The summed E-state index contributed by atoms with van der Waals surface area (Å²) in [6.45, 7) is 3.51. The summed E-state index contributed by atoms with van der Waals surface area (Å²) in [7, 11) is 4.32. The Labute approximate surface area is 117 Å². The first kappa shape index (κ1) is 15.4. The number of hydrogen-bond donors (Lipinski definition) is 0. The molecule has 0 saturated heterocycles. The van der Waals surface area contributed by atoms with Gasteiger partial charge in [-0.1, -0.05) is 11.6 Å². The van der Waals surface area contributed by atoms with Gasteiger partial charge in [-0.05, 0) is 19.9 Å². The van der Waals surface area contributed by atoms with Gasteiger partial charge in [0.15, 0.2) is 11.5 Å². The molecule has 0 radical (unpaired) electrons. The lowest BCUT2D eigenvalue weighted by molar-refractivity contribution is 0.0373. The molecular formula is C13H17ClO5. The van der Waals surface area contributed by atoms with E-state index in [-0.39, 0.29) is 28.2 Å². The summed E-state index contributed by atoms with van der Waals surface area (Å²) in [5, 5.41) is 0.246. The molecule has 0 unspecified atom stereocenters. The summed E-state index contributed by atoms with van der Waals surface area (Å²) in [6, 6.07) is 1.44. The second-order valence-corrected chi connectivity index (χ2v) is 4.37. The van der Waals surface area contributed by atoms with Crippen molar-refractivity contribution in [2.24, 2.45) is 0 Å². The van der Waals surface area contributed by atoms with Gasteiger partial charge in [0.25, 0.3) is 0 Å². The second kappa shape index (κ2) is 6.52. The third kappa shape index (κ3) is 3.23. The minimum atomic E-state index is -0.533. The van der Waals surface area contributed by atoms with Crippen LogP contribution < -0.4 is 14.2 Å². The van der Waals surface area contributed by atoms with Gasteiger partial charge in [0.1, 0.15) is 5.56 Å². The van der Waals surface area contributed by atoms with Crippen LogP contribution in [-0.2, 0) is 4.74 Å². The van der Waals surface area contributed by atoms with Crippen molar-refractivity contribution >= 4 is 17.6 Å². The highest BCUT2D eigenvalue weighted by Crippen LogP contribution is 2.45. The predicted octanol–water partition coefficient (Wildman–Crippen LogP) is 2.93. The van der Waals surface area contributed by atoms with Crippen LogP contribution >= 0.6 is 11.6 Å². The number of rotatable bonds is 5. The van der Waals surface area contributed by atoms with Crippen LogP contribution in [0.3, 0.4) is 0 Å². The molecule has 0 heterocycles. The molecule has 0 aliphatic carbocycles. The fraction of sp³-hybridized carbons (Fsp3) is 0.462. The van der Waals surface area contributed by atoms with Gasteiger partial charge < -0.3 is 18.9 Å². The van der Waals surface area contributed by atoms with E-state index in [1.807, 2.05) is 0 Å². The van der Waals surface area contributed by atoms with E-state index in [2.05, 4.69) is 0 Å². The van der Waals surface area contributed by atoms with Crippen molar-refractivity contribution in [3.63, 3.8) is 0 Å². The van der Waals surface area contributed by atoms with Crippen molar-refractivity contribution in [3.05, 3.63) is 16.7 Å². The molecule has 5 nitrogen and oxygen atoms in total. The standard InChI is InChI=1S/C13H17ClO5/c1-7(2)19-13(15)8-6-9(14)11(17-4)12(18-5)10(8)16-3/h6-7H,1-5H3. The molecule has 1 rings (SSSR count). The summed E-state index contributed by atoms with van der Waals surface area (Å²) in [6.07, 6.45) is -0.246. The molecule has 6 heteroatoms. The topological polar surface area (TPSA) is 54.0 Å². The first-order valence-electron chi connectivity index (χ1n) is 5.65. The summed E-state index contributed by atoms with van der Waals surface area (Å²) < 4.78 is 20.7. The Bertz CT molecular complexity index is 471. The third-order valence-electron chi connectivity index (χ3n) is 2.32. The first-order chi connectivity index (χ1) is 8.96. The number of carbonyl (C=O) groups is 1. The number of methoxy groups -OCH3 is 3. The molecule has 106 valence electrons. The summed E-state index contributed by atoms with van der Waals surface area (Å²) in [5.74, 6) is 0.263. The fourth-order valence-electron chi connectivity index (χ4n) is 1.60.